The molecule has 1 aliphatic carbocycles. The molecule has 0 spiro atoms. The van der Waals surface area contributed by atoms with E-state index in [9.17, 15) is 9.59 Å². The lowest BCUT2D eigenvalue weighted by Gasteiger charge is -2.24. The zero-order chi connectivity index (χ0) is 18.8. The average molecular weight is 359 g/mol. The summed E-state index contributed by atoms with van der Waals surface area (Å²) in [4.78, 5) is 25.3. The lowest BCUT2D eigenvalue weighted by molar-refractivity contribution is -0.120. The van der Waals surface area contributed by atoms with E-state index in [-0.39, 0.29) is 24.8 Å². The molecule has 0 aliphatic heterocycles. The van der Waals surface area contributed by atoms with Crippen LogP contribution < -0.4 is 20.7 Å². The monoisotopic (exact) mass is 359 g/mol. The van der Waals surface area contributed by atoms with E-state index in [1.807, 2.05) is 29.2 Å². The Hall–Kier alpha value is -2.50. The minimum atomic E-state index is -0.381. The van der Waals surface area contributed by atoms with Crippen molar-refractivity contribution in [1.29, 1.82) is 0 Å². The molecule has 142 valence electrons. The van der Waals surface area contributed by atoms with Crippen LogP contribution in [0.1, 0.15) is 38.5 Å². The summed E-state index contributed by atoms with van der Waals surface area (Å²) >= 11 is 0. The summed E-state index contributed by atoms with van der Waals surface area (Å²) in [5.74, 6) is 0.309. The van der Waals surface area contributed by atoms with Gasteiger partial charge in [-0.25, -0.2) is 0 Å². The summed E-state index contributed by atoms with van der Waals surface area (Å²) in [6.07, 6.45) is 8.23. The van der Waals surface area contributed by atoms with Crippen LogP contribution in [-0.4, -0.2) is 38.6 Å². The molecule has 2 rings (SSSR count). The van der Waals surface area contributed by atoms with Crippen LogP contribution >= 0.6 is 0 Å². The first kappa shape index (κ1) is 19.8. The van der Waals surface area contributed by atoms with Crippen molar-refractivity contribution in [3.05, 3.63) is 35.9 Å². The number of nitrogens with zero attached hydrogens (tertiary/aromatic N) is 1. The van der Waals surface area contributed by atoms with Crippen molar-refractivity contribution in [2.45, 2.75) is 38.5 Å². The Bertz CT molecular complexity index is 626. The number of ether oxygens (including phenoxy) is 1. The maximum Gasteiger partial charge on any atom is 0.239 e. The Balaban J connectivity index is 1.88. The summed E-state index contributed by atoms with van der Waals surface area (Å²) < 4.78 is 5.16. The molecule has 0 saturated heterocycles. The van der Waals surface area contributed by atoms with Crippen LogP contribution in [0, 0.1) is 0 Å². The van der Waals surface area contributed by atoms with Gasteiger partial charge in [0.2, 0.25) is 11.8 Å². The molecule has 1 aliphatic rings. The first-order valence-corrected chi connectivity index (χ1v) is 9.20. The number of nitrogens with one attached hydrogen (secondary N) is 1. The zero-order valence-corrected chi connectivity index (χ0v) is 15.5. The summed E-state index contributed by atoms with van der Waals surface area (Å²) in [5, 5.41) is 2.98. The second-order valence-electron chi connectivity index (χ2n) is 6.54. The summed E-state index contributed by atoms with van der Waals surface area (Å²) in [6.45, 7) is 1.25. The third-order valence-corrected chi connectivity index (χ3v) is 4.55. The highest BCUT2D eigenvalue weighted by Gasteiger charge is 2.13. The van der Waals surface area contributed by atoms with Crippen molar-refractivity contribution in [3.8, 4) is 5.75 Å². The number of allylic oxidation sites excluding steroid dienone is 1. The van der Waals surface area contributed by atoms with Gasteiger partial charge in [-0.15, -0.1) is 0 Å². The van der Waals surface area contributed by atoms with Crippen LogP contribution in [-0.2, 0) is 9.59 Å². The standard InChI is InChI=1S/C20H29N3O3/c1-26-18-9-7-17(8-10-18)23(14-12-19(21)24)15-20(25)22-13-11-16-5-3-2-4-6-16/h5,7-10H,2-4,6,11-15H2,1H3,(H2,21,24)(H,22,25). The van der Waals surface area contributed by atoms with Gasteiger partial charge in [0, 0.05) is 25.2 Å². The highest BCUT2D eigenvalue weighted by Crippen LogP contribution is 2.20. The average Bonchev–Trinajstić information content (AvgIpc) is 2.66. The van der Waals surface area contributed by atoms with Crippen molar-refractivity contribution in [1.82, 2.24) is 5.32 Å². The molecular formula is C20H29N3O3. The first-order valence-electron chi connectivity index (χ1n) is 9.20. The van der Waals surface area contributed by atoms with E-state index in [0.29, 0.717) is 13.1 Å². The second-order valence-corrected chi connectivity index (χ2v) is 6.54. The lowest BCUT2D eigenvalue weighted by atomic mass is 9.97. The Morgan fingerprint density at radius 1 is 1.23 bits per heavy atom. The number of benzene rings is 1. The molecule has 0 bridgehead atoms. The van der Waals surface area contributed by atoms with Gasteiger partial charge in [-0.05, 0) is 56.4 Å². The molecule has 1 aromatic carbocycles. The number of nitrogens with two attached hydrogens (primary N) is 1. The number of rotatable bonds is 10. The van der Waals surface area contributed by atoms with Crippen molar-refractivity contribution >= 4 is 17.5 Å². The zero-order valence-electron chi connectivity index (χ0n) is 15.5. The Kier molecular flexibility index (Phi) is 7.99. The number of hydrogen-bond acceptors (Lipinski definition) is 4. The molecule has 0 saturated carbocycles. The molecule has 6 nitrogen and oxygen atoms in total. The van der Waals surface area contributed by atoms with E-state index in [0.717, 1.165) is 30.7 Å². The highest BCUT2D eigenvalue weighted by atomic mass is 16.5. The fourth-order valence-corrected chi connectivity index (χ4v) is 3.06. The highest BCUT2D eigenvalue weighted by molar-refractivity contribution is 5.82. The largest absolute Gasteiger partial charge is 0.497 e. The minimum absolute atomic E-state index is 0.0540. The van der Waals surface area contributed by atoms with E-state index >= 15 is 0 Å². The third kappa shape index (κ3) is 6.78. The van der Waals surface area contributed by atoms with Crippen LogP contribution in [0.15, 0.2) is 35.9 Å². The van der Waals surface area contributed by atoms with Gasteiger partial charge in [-0.1, -0.05) is 11.6 Å². The molecule has 6 heteroatoms. The topological polar surface area (TPSA) is 84.7 Å². The van der Waals surface area contributed by atoms with Gasteiger partial charge < -0.3 is 20.7 Å². The molecular weight excluding hydrogens is 330 g/mol. The molecule has 0 heterocycles. The summed E-state index contributed by atoms with van der Waals surface area (Å²) in [7, 11) is 1.61. The minimum Gasteiger partial charge on any atom is -0.497 e. The van der Waals surface area contributed by atoms with E-state index in [1.165, 1.54) is 18.4 Å². The molecule has 0 radical (unpaired) electrons. The third-order valence-electron chi connectivity index (χ3n) is 4.55. The van der Waals surface area contributed by atoms with Crippen LogP contribution in [0.25, 0.3) is 0 Å². The van der Waals surface area contributed by atoms with Gasteiger partial charge >= 0.3 is 0 Å². The molecule has 0 atom stereocenters. The van der Waals surface area contributed by atoms with Crippen molar-refractivity contribution in [2.24, 2.45) is 5.73 Å². The van der Waals surface area contributed by atoms with Gasteiger partial charge in [-0.3, -0.25) is 9.59 Å². The van der Waals surface area contributed by atoms with Crippen LogP contribution in [0.5, 0.6) is 5.75 Å². The second kappa shape index (κ2) is 10.5. The van der Waals surface area contributed by atoms with Gasteiger partial charge in [0.1, 0.15) is 5.75 Å². The van der Waals surface area contributed by atoms with Gasteiger partial charge in [0.05, 0.1) is 13.7 Å². The Labute approximate surface area is 155 Å². The normalized spacial score (nSPS) is 13.7. The van der Waals surface area contributed by atoms with E-state index in [1.54, 1.807) is 7.11 Å². The lowest BCUT2D eigenvalue weighted by Crippen LogP contribution is -2.39. The van der Waals surface area contributed by atoms with E-state index in [2.05, 4.69) is 11.4 Å². The molecule has 0 aromatic heterocycles. The quantitative estimate of drug-likeness (QED) is 0.628. The predicted octanol–water partition coefficient (Wildman–Crippen LogP) is 2.38. The molecule has 2 amide bonds. The van der Waals surface area contributed by atoms with Crippen molar-refractivity contribution in [2.75, 3.05) is 31.6 Å². The molecule has 0 fully saturated rings. The Morgan fingerprint density at radius 2 is 2.00 bits per heavy atom. The summed E-state index contributed by atoms with van der Waals surface area (Å²) in [6, 6.07) is 7.42. The number of amides is 2. The maximum atomic E-state index is 12.3. The number of methoxy groups -OCH3 is 1. The fraction of sp³-hybridized carbons (Fsp3) is 0.500. The molecule has 3 N–H and O–H groups in total. The summed E-state index contributed by atoms with van der Waals surface area (Å²) in [5.41, 5.74) is 7.57. The number of carbonyl (C=O) groups excluding carboxylic acids is 2. The molecule has 1 aromatic rings. The molecule has 0 unspecified atom stereocenters. The van der Waals surface area contributed by atoms with Crippen molar-refractivity contribution in [3.63, 3.8) is 0 Å². The number of carbonyl (C=O) groups is 2. The smallest absolute Gasteiger partial charge is 0.239 e. The van der Waals surface area contributed by atoms with Gasteiger partial charge in [-0.2, -0.15) is 0 Å². The first-order chi connectivity index (χ1) is 12.6. The number of primary amides is 1. The predicted molar refractivity (Wildman–Crippen MR) is 103 cm³/mol. The number of hydrogen-bond donors (Lipinski definition) is 2. The van der Waals surface area contributed by atoms with Crippen LogP contribution in [0.2, 0.25) is 0 Å². The van der Waals surface area contributed by atoms with Gasteiger partial charge in [0.15, 0.2) is 0 Å². The Morgan fingerprint density at radius 3 is 2.62 bits per heavy atom. The molecule has 26 heavy (non-hydrogen) atoms. The van der Waals surface area contributed by atoms with Crippen molar-refractivity contribution < 1.29 is 14.3 Å². The van der Waals surface area contributed by atoms with Gasteiger partial charge in [0.25, 0.3) is 0 Å². The van der Waals surface area contributed by atoms with Crippen LogP contribution in [0.3, 0.4) is 0 Å². The number of anilines is 1. The SMILES string of the molecule is COc1ccc(N(CCC(N)=O)CC(=O)NCCC2=CCCCC2)cc1. The van der Waals surface area contributed by atoms with E-state index in [4.69, 9.17) is 10.5 Å². The van der Waals surface area contributed by atoms with Crippen LogP contribution in [0.4, 0.5) is 5.69 Å². The maximum absolute atomic E-state index is 12.3. The van der Waals surface area contributed by atoms with E-state index < -0.39 is 0 Å². The fourth-order valence-electron chi connectivity index (χ4n) is 3.06.